The number of nitrogens with one attached hydrogen (secondary N) is 2. The predicted molar refractivity (Wildman–Crippen MR) is 65.6 cm³/mol. The van der Waals surface area contributed by atoms with Gasteiger partial charge >= 0.3 is 0 Å². The van der Waals surface area contributed by atoms with Gasteiger partial charge in [0.1, 0.15) is 0 Å². The first-order chi connectivity index (χ1) is 8.13. The maximum atomic E-state index is 11.9. The predicted octanol–water partition coefficient (Wildman–Crippen LogP) is -1.51. The van der Waals surface area contributed by atoms with Crippen molar-refractivity contribution in [3.63, 3.8) is 0 Å². The first kappa shape index (κ1) is 13.9. The highest BCUT2D eigenvalue weighted by Crippen LogP contribution is 1.97. The van der Waals surface area contributed by atoms with Crippen LogP contribution < -0.4 is 10.6 Å². The molecule has 1 fully saturated rings. The van der Waals surface area contributed by atoms with Gasteiger partial charge in [0, 0.05) is 27.2 Å². The SMILES string of the molecule is CNC(=O)CN(C)C(=O)CN1CCCNCC1. The molecule has 0 unspecified atom stereocenters. The van der Waals surface area contributed by atoms with Crippen molar-refractivity contribution >= 4 is 11.8 Å². The fourth-order valence-corrected chi connectivity index (χ4v) is 1.75. The highest BCUT2D eigenvalue weighted by atomic mass is 16.2. The summed E-state index contributed by atoms with van der Waals surface area (Å²) in [6, 6.07) is 0. The van der Waals surface area contributed by atoms with Crippen LogP contribution >= 0.6 is 0 Å². The van der Waals surface area contributed by atoms with E-state index >= 15 is 0 Å². The van der Waals surface area contributed by atoms with Gasteiger partial charge in [-0.1, -0.05) is 0 Å². The number of amides is 2. The number of rotatable bonds is 4. The Morgan fingerprint density at radius 1 is 1.35 bits per heavy atom. The lowest BCUT2D eigenvalue weighted by Gasteiger charge is -2.22. The summed E-state index contributed by atoms with van der Waals surface area (Å²) in [7, 11) is 3.23. The first-order valence-electron chi connectivity index (χ1n) is 6.01. The molecule has 1 rings (SSSR count). The number of hydrogen-bond acceptors (Lipinski definition) is 4. The largest absolute Gasteiger partial charge is 0.358 e. The summed E-state index contributed by atoms with van der Waals surface area (Å²) >= 11 is 0. The van der Waals surface area contributed by atoms with Gasteiger partial charge in [0.15, 0.2) is 0 Å². The zero-order chi connectivity index (χ0) is 12.7. The van der Waals surface area contributed by atoms with E-state index in [0.29, 0.717) is 6.54 Å². The maximum absolute atomic E-state index is 11.9. The Bertz CT molecular complexity index is 262. The molecule has 0 bridgehead atoms. The Morgan fingerprint density at radius 3 is 2.82 bits per heavy atom. The third kappa shape index (κ3) is 5.14. The molecule has 17 heavy (non-hydrogen) atoms. The first-order valence-corrected chi connectivity index (χ1v) is 6.01. The fourth-order valence-electron chi connectivity index (χ4n) is 1.75. The molecule has 1 aliphatic heterocycles. The van der Waals surface area contributed by atoms with Crippen LogP contribution in [0.3, 0.4) is 0 Å². The van der Waals surface area contributed by atoms with Crippen molar-refractivity contribution in [2.45, 2.75) is 6.42 Å². The normalized spacial score (nSPS) is 17.3. The van der Waals surface area contributed by atoms with E-state index in [4.69, 9.17) is 0 Å². The minimum Gasteiger partial charge on any atom is -0.358 e. The van der Waals surface area contributed by atoms with Gasteiger partial charge in [-0.05, 0) is 19.5 Å². The van der Waals surface area contributed by atoms with Crippen LogP contribution in [0, 0.1) is 0 Å². The Hall–Kier alpha value is -1.14. The number of hydrogen-bond donors (Lipinski definition) is 2. The van der Waals surface area contributed by atoms with Crippen molar-refractivity contribution in [2.75, 3.05) is 53.4 Å². The van der Waals surface area contributed by atoms with E-state index in [1.807, 2.05) is 0 Å². The van der Waals surface area contributed by atoms with Crippen LogP contribution in [-0.2, 0) is 9.59 Å². The molecule has 0 spiro atoms. The Morgan fingerprint density at radius 2 is 2.12 bits per heavy atom. The van der Waals surface area contributed by atoms with Crippen molar-refractivity contribution in [3.8, 4) is 0 Å². The molecule has 0 aromatic heterocycles. The zero-order valence-corrected chi connectivity index (χ0v) is 10.7. The number of carbonyl (C=O) groups excluding carboxylic acids is 2. The van der Waals surface area contributed by atoms with Gasteiger partial charge in [-0.3, -0.25) is 14.5 Å². The van der Waals surface area contributed by atoms with Gasteiger partial charge < -0.3 is 15.5 Å². The molecule has 2 amide bonds. The average Bonchev–Trinajstić information content (AvgIpc) is 2.57. The smallest absolute Gasteiger partial charge is 0.239 e. The van der Waals surface area contributed by atoms with E-state index < -0.39 is 0 Å². The molecule has 0 aliphatic carbocycles. The van der Waals surface area contributed by atoms with Crippen LogP contribution in [0.5, 0.6) is 0 Å². The molecular formula is C11H22N4O2. The second kappa shape index (κ2) is 7.24. The molecule has 1 aliphatic rings. The summed E-state index contributed by atoms with van der Waals surface area (Å²) in [5.74, 6) is -0.145. The molecule has 0 saturated carbocycles. The second-order valence-electron chi connectivity index (χ2n) is 4.30. The third-order valence-corrected chi connectivity index (χ3v) is 2.88. The summed E-state index contributed by atoms with van der Waals surface area (Å²) in [6.45, 7) is 4.29. The second-order valence-corrected chi connectivity index (χ2v) is 4.30. The summed E-state index contributed by atoms with van der Waals surface area (Å²) in [4.78, 5) is 26.6. The molecule has 0 atom stereocenters. The van der Waals surface area contributed by atoms with Crippen LogP contribution in [0.1, 0.15) is 6.42 Å². The van der Waals surface area contributed by atoms with Crippen LogP contribution in [0.15, 0.2) is 0 Å². The van der Waals surface area contributed by atoms with Crippen LogP contribution in [-0.4, -0.2) is 75.0 Å². The van der Waals surface area contributed by atoms with E-state index in [1.54, 1.807) is 14.1 Å². The lowest BCUT2D eigenvalue weighted by molar-refractivity contribution is -0.135. The monoisotopic (exact) mass is 242 g/mol. The lowest BCUT2D eigenvalue weighted by atomic mass is 10.3. The van der Waals surface area contributed by atoms with E-state index in [-0.39, 0.29) is 18.4 Å². The van der Waals surface area contributed by atoms with E-state index in [2.05, 4.69) is 15.5 Å². The molecule has 1 heterocycles. The minimum atomic E-state index is -0.140. The summed E-state index contributed by atoms with van der Waals surface area (Å²) in [6.07, 6.45) is 1.06. The van der Waals surface area contributed by atoms with Gasteiger partial charge in [0.25, 0.3) is 0 Å². The highest BCUT2D eigenvalue weighted by Gasteiger charge is 2.16. The summed E-state index contributed by atoms with van der Waals surface area (Å²) in [5, 5.41) is 5.80. The van der Waals surface area contributed by atoms with Gasteiger partial charge in [0.05, 0.1) is 13.1 Å². The van der Waals surface area contributed by atoms with Crippen LogP contribution in [0.25, 0.3) is 0 Å². The van der Waals surface area contributed by atoms with Gasteiger partial charge in [-0.25, -0.2) is 0 Å². The van der Waals surface area contributed by atoms with Gasteiger partial charge in [0.2, 0.25) is 11.8 Å². The Labute approximate surface area is 102 Å². The Balaban J connectivity index is 2.33. The Kier molecular flexibility index (Phi) is 5.93. The molecule has 6 heteroatoms. The summed E-state index contributed by atoms with van der Waals surface area (Å²) < 4.78 is 0. The molecule has 0 radical (unpaired) electrons. The van der Waals surface area contributed by atoms with Crippen LogP contribution in [0.4, 0.5) is 0 Å². The molecule has 0 aromatic rings. The highest BCUT2D eigenvalue weighted by molar-refractivity contribution is 5.85. The quantitative estimate of drug-likeness (QED) is 0.629. The van der Waals surface area contributed by atoms with Gasteiger partial charge in [-0.2, -0.15) is 0 Å². The molecule has 6 nitrogen and oxygen atoms in total. The number of likely N-dealkylation sites (N-methyl/N-ethyl adjacent to an activating group) is 2. The standard InChI is InChI=1S/C11H22N4O2/c1-12-10(16)8-14(2)11(17)9-15-6-3-4-13-5-7-15/h13H,3-9H2,1-2H3,(H,12,16). The lowest BCUT2D eigenvalue weighted by Crippen LogP contribution is -2.43. The van der Waals surface area contributed by atoms with Crippen molar-refractivity contribution in [3.05, 3.63) is 0 Å². The van der Waals surface area contributed by atoms with Crippen molar-refractivity contribution in [1.29, 1.82) is 0 Å². The maximum Gasteiger partial charge on any atom is 0.239 e. The average molecular weight is 242 g/mol. The number of carbonyl (C=O) groups is 2. The summed E-state index contributed by atoms with van der Waals surface area (Å²) in [5.41, 5.74) is 0. The molecule has 98 valence electrons. The van der Waals surface area contributed by atoms with Crippen molar-refractivity contribution < 1.29 is 9.59 Å². The minimum absolute atomic E-state index is 0.00417. The van der Waals surface area contributed by atoms with Crippen molar-refractivity contribution in [1.82, 2.24) is 20.4 Å². The van der Waals surface area contributed by atoms with E-state index in [1.165, 1.54) is 4.90 Å². The fraction of sp³-hybridized carbons (Fsp3) is 0.818. The third-order valence-electron chi connectivity index (χ3n) is 2.88. The molecule has 2 N–H and O–H groups in total. The topological polar surface area (TPSA) is 64.7 Å². The number of nitrogens with zero attached hydrogens (tertiary/aromatic N) is 2. The van der Waals surface area contributed by atoms with Gasteiger partial charge in [-0.15, -0.1) is 0 Å². The molecule has 1 saturated heterocycles. The molecule has 0 aromatic carbocycles. The van der Waals surface area contributed by atoms with E-state index in [0.717, 1.165) is 32.6 Å². The van der Waals surface area contributed by atoms with E-state index in [9.17, 15) is 9.59 Å². The molecular weight excluding hydrogens is 220 g/mol. The zero-order valence-electron chi connectivity index (χ0n) is 10.7. The van der Waals surface area contributed by atoms with Crippen LogP contribution in [0.2, 0.25) is 0 Å². The van der Waals surface area contributed by atoms with Crippen molar-refractivity contribution in [2.24, 2.45) is 0 Å².